The van der Waals surface area contributed by atoms with Crippen LogP contribution in [0, 0.1) is 11.8 Å². The van der Waals surface area contributed by atoms with Gasteiger partial charge in [0.15, 0.2) is 0 Å². The van der Waals surface area contributed by atoms with Gasteiger partial charge >= 0.3 is 5.97 Å². The van der Waals surface area contributed by atoms with Crippen LogP contribution >= 0.6 is 0 Å². The first-order chi connectivity index (χ1) is 7.75. The van der Waals surface area contributed by atoms with Crippen LogP contribution in [0.2, 0.25) is 0 Å². The molecule has 0 spiro atoms. The SMILES string of the molecule is CCCCCCCCCC1CCC1C(=O)O. The van der Waals surface area contributed by atoms with Gasteiger partial charge in [-0.1, -0.05) is 51.9 Å². The Morgan fingerprint density at radius 3 is 2.19 bits per heavy atom. The van der Waals surface area contributed by atoms with Crippen molar-refractivity contribution in [3.05, 3.63) is 0 Å². The summed E-state index contributed by atoms with van der Waals surface area (Å²) in [6, 6.07) is 0. The van der Waals surface area contributed by atoms with Gasteiger partial charge in [-0.25, -0.2) is 0 Å². The highest BCUT2D eigenvalue weighted by Crippen LogP contribution is 2.38. The van der Waals surface area contributed by atoms with Crippen LogP contribution in [0.4, 0.5) is 0 Å². The van der Waals surface area contributed by atoms with E-state index in [4.69, 9.17) is 5.11 Å². The number of carboxylic acids is 1. The Morgan fingerprint density at radius 1 is 1.06 bits per heavy atom. The van der Waals surface area contributed by atoms with Crippen molar-refractivity contribution in [3.8, 4) is 0 Å². The third kappa shape index (κ3) is 4.54. The van der Waals surface area contributed by atoms with Crippen molar-refractivity contribution < 1.29 is 9.90 Å². The normalized spacial score (nSPS) is 24.1. The van der Waals surface area contributed by atoms with Gasteiger partial charge in [0.2, 0.25) is 0 Å². The van der Waals surface area contributed by atoms with E-state index in [-0.39, 0.29) is 5.92 Å². The monoisotopic (exact) mass is 226 g/mol. The zero-order valence-corrected chi connectivity index (χ0v) is 10.6. The van der Waals surface area contributed by atoms with Crippen molar-refractivity contribution in [2.45, 2.75) is 71.1 Å². The molecule has 0 bridgehead atoms. The molecule has 1 saturated carbocycles. The molecular weight excluding hydrogens is 200 g/mol. The average Bonchev–Trinajstić information content (AvgIpc) is 2.19. The van der Waals surface area contributed by atoms with Crippen LogP contribution < -0.4 is 0 Å². The lowest BCUT2D eigenvalue weighted by Gasteiger charge is -2.33. The van der Waals surface area contributed by atoms with E-state index in [2.05, 4.69) is 6.92 Å². The van der Waals surface area contributed by atoms with Gasteiger partial charge in [0, 0.05) is 0 Å². The lowest BCUT2D eigenvalue weighted by Crippen LogP contribution is -2.32. The molecular formula is C14H26O2. The van der Waals surface area contributed by atoms with Crippen LogP contribution in [0.5, 0.6) is 0 Å². The van der Waals surface area contributed by atoms with E-state index < -0.39 is 5.97 Å². The van der Waals surface area contributed by atoms with E-state index in [1.165, 1.54) is 44.9 Å². The van der Waals surface area contributed by atoms with E-state index >= 15 is 0 Å². The Labute approximate surface area is 99.4 Å². The van der Waals surface area contributed by atoms with Crippen molar-refractivity contribution >= 4 is 5.97 Å². The van der Waals surface area contributed by atoms with Crippen LogP contribution in [0.3, 0.4) is 0 Å². The van der Waals surface area contributed by atoms with Crippen LogP contribution in [-0.4, -0.2) is 11.1 Å². The smallest absolute Gasteiger partial charge is 0.306 e. The molecule has 0 heterocycles. The number of carbonyl (C=O) groups is 1. The minimum atomic E-state index is -0.570. The Balaban J connectivity index is 1.90. The van der Waals surface area contributed by atoms with Gasteiger partial charge < -0.3 is 5.11 Å². The van der Waals surface area contributed by atoms with Gasteiger partial charge in [-0.3, -0.25) is 4.79 Å². The summed E-state index contributed by atoms with van der Waals surface area (Å²) in [7, 11) is 0. The van der Waals surface area contributed by atoms with Crippen molar-refractivity contribution in [2.75, 3.05) is 0 Å². The van der Waals surface area contributed by atoms with E-state index in [1.807, 2.05) is 0 Å². The molecule has 0 aromatic heterocycles. The number of hydrogen-bond acceptors (Lipinski definition) is 1. The fraction of sp³-hybridized carbons (Fsp3) is 0.929. The molecule has 0 aromatic rings. The molecule has 1 aliphatic rings. The van der Waals surface area contributed by atoms with Gasteiger partial charge in [-0.15, -0.1) is 0 Å². The van der Waals surface area contributed by atoms with Crippen LogP contribution in [0.15, 0.2) is 0 Å². The first kappa shape index (κ1) is 13.5. The standard InChI is InChI=1S/C14H26O2/c1-2-3-4-5-6-7-8-9-12-10-11-13(12)14(15)16/h12-13H,2-11H2,1H3,(H,15,16). The fourth-order valence-corrected chi connectivity index (χ4v) is 2.60. The molecule has 2 unspecified atom stereocenters. The maximum Gasteiger partial charge on any atom is 0.306 e. The molecule has 0 radical (unpaired) electrons. The Morgan fingerprint density at radius 2 is 1.69 bits per heavy atom. The molecule has 0 saturated heterocycles. The topological polar surface area (TPSA) is 37.3 Å². The highest BCUT2D eigenvalue weighted by Gasteiger charge is 2.35. The number of carboxylic acid groups (broad SMARTS) is 1. The maximum atomic E-state index is 10.8. The first-order valence-corrected chi connectivity index (χ1v) is 6.98. The molecule has 2 atom stereocenters. The second kappa shape index (κ2) is 7.70. The fourth-order valence-electron chi connectivity index (χ4n) is 2.60. The number of aliphatic carboxylic acids is 1. The lowest BCUT2D eigenvalue weighted by molar-refractivity contribution is -0.147. The second-order valence-electron chi connectivity index (χ2n) is 5.19. The van der Waals surface area contributed by atoms with Crippen LogP contribution in [-0.2, 0) is 4.79 Å². The van der Waals surface area contributed by atoms with Gasteiger partial charge in [0.1, 0.15) is 0 Å². The van der Waals surface area contributed by atoms with Gasteiger partial charge in [0.05, 0.1) is 5.92 Å². The molecule has 2 heteroatoms. The largest absolute Gasteiger partial charge is 0.481 e. The zero-order valence-electron chi connectivity index (χ0n) is 10.6. The van der Waals surface area contributed by atoms with E-state index in [0.29, 0.717) is 5.92 Å². The second-order valence-corrected chi connectivity index (χ2v) is 5.19. The van der Waals surface area contributed by atoms with Crippen molar-refractivity contribution in [2.24, 2.45) is 11.8 Å². The third-order valence-electron chi connectivity index (χ3n) is 3.91. The molecule has 2 nitrogen and oxygen atoms in total. The quantitative estimate of drug-likeness (QED) is 0.597. The molecule has 1 aliphatic carbocycles. The minimum absolute atomic E-state index is 0.0138. The highest BCUT2D eigenvalue weighted by atomic mass is 16.4. The van der Waals surface area contributed by atoms with Crippen LogP contribution in [0.1, 0.15) is 71.1 Å². The number of unbranched alkanes of at least 4 members (excludes halogenated alkanes) is 6. The summed E-state index contributed by atoms with van der Waals surface area (Å²) < 4.78 is 0. The predicted molar refractivity (Wildman–Crippen MR) is 66.5 cm³/mol. The number of rotatable bonds is 9. The summed E-state index contributed by atoms with van der Waals surface area (Å²) in [5.74, 6) is -0.0903. The Hall–Kier alpha value is -0.530. The summed E-state index contributed by atoms with van der Waals surface area (Å²) in [5, 5.41) is 8.90. The third-order valence-corrected chi connectivity index (χ3v) is 3.91. The zero-order chi connectivity index (χ0) is 11.8. The van der Waals surface area contributed by atoms with Gasteiger partial charge in [-0.2, -0.15) is 0 Å². The van der Waals surface area contributed by atoms with Gasteiger partial charge in [0.25, 0.3) is 0 Å². The van der Waals surface area contributed by atoms with E-state index in [9.17, 15) is 4.79 Å². The molecule has 0 aliphatic heterocycles. The molecule has 1 rings (SSSR count). The van der Waals surface area contributed by atoms with E-state index in [1.54, 1.807) is 0 Å². The molecule has 94 valence electrons. The van der Waals surface area contributed by atoms with Crippen molar-refractivity contribution in [1.82, 2.24) is 0 Å². The van der Waals surface area contributed by atoms with E-state index in [0.717, 1.165) is 19.3 Å². The van der Waals surface area contributed by atoms with Crippen molar-refractivity contribution in [1.29, 1.82) is 0 Å². The summed E-state index contributed by atoms with van der Waals surface area (Å²) in [4.78, 5) is 10.8. The molecule has 0 aromatic carbocycles. The molecule has 1 N–H and O–H groups in total. The summed E-state index contributed by atoms with van der Waals surface area (Å²) in [6.45, 7) is 2.24. The summed E-state index contributed by atoms with van der Waals surface area (Å²) in [5.41, 5.74) is 0. The summed E-state index contributed by atoms with van der Waals surface area (Å²) in [6.07, 6.45) is 12.5. The Kier molecular flexibility index (Phi) is 6.51. The molecule has 0 amide bonds. The van der Waals surface area contributed by atoms with Crippen molar-refractivity contribution in [3.63, 3.8) is 0 Å². The Bertz CT molecular complexity index is 201. The average molecular weight is 226 g/mol. The summed E-state index contributed by atoms with van der Waals surface area (Å²) >= 11 is 0. The van der Waals surface area contributed by atoms with Crippen LogP contribution in [0.25, 0.3) is 0 Å². The highest BCUT2D eigenvalue weighted by molar-refractivity contribution is 5.71. The predicted octanol–water partition coefficient (Wildman–Crippen LogP) is 4.24. The minimum Gasteiger partial charge on any atom is -0.481 e. The lowest BCUT2D eigenvalue weighted by atomic mass is 9.71. The first-order valence-electron chi connectivity index (χ1n) is 6.98. The van der Waals surface area contributed by atoms with Gasteiger partial charge in [-0.05, 0) is 25.2 Å². The molecule has 1 fully saturated rings. The molecule has 16 heavy (non-hydrogen) atoms. The maximum absolute atomic E-state index is 10.8. The number of hydrogen-bond donors (Lipinski definition) is 1.